The van der Waals surface area contributed by atoms with Crippen molar-refractivity contribution in [1.82, 2.24) is 4.98 Å². The molecule has 0 aliphatic heterocycles. The van der Waals surface area contributed by atoms with Crippen LogP contribution in [-0.2, 0) is 22.5 Å². The van der Waals surface area contributed by atoms with Gasteiger partial charge in [-0.15, -0.1) is 0 Å². The fourth-order valence-corrected chi connectivity index (χ4v) is 4.13. The van der Waals surface area contributed by atoms with Crippen molar-refractivity contribution in [3.8, 4) is 0 Å². The van der Waals surface area contributed by atoms with Gasteiger partial charge in [0.2, 0.25) is 0 Å². The van der Waals surface area contributed by atoms with Crippen LogP contribution in [0.4, 0.5) is 0 Å². The quantitative estimate of drug-likeness (QED) is 0.384. The number of carbonyl (C=O) groups is 2. The Kier molecular flexibility index (Phi) is 5.48. The molecular weight excluding hydrogens is 418 g/mol. The van der Waals surface area contributed by atoms with E-state index in [1.165, 1.54) is 7.11 Å². The summed E-state index contributed by atoms with van der Waals surface area (Å²) in [6, 6.07) is 18.2. The number of rotatable bonds is 5. The van der Waals surface area contributed by atoms with Crippen molar-refractivity contribution < 1.29 is 23.5 Å². The number of fused-ring (bicyclic) bond motifs is 2. The normalized spacial score (nSPS) is 13.8. The summed E-state index contributed by atoms with van der Waals surface area (Å²) in [7, 11) is 1.34. The predicted octanol–water partition coefficient (Wildman–Crippen LogP) is 5.46. The Morgan fingerprint density at radius 2 is 1.82 bits per heavy atom. The molecule has 33 heavy (non-hydrogen) atoms. The standard InChI is InChI=1S/C27H21NO5/c1-31-26(29)18-10-8-17(9-11-18)16-33-27(30)24-21-6-2-3-7-23(21)28-25-19(12-13-22(24)25)15-20-5-4-14-32-20/h2-11,14-15H,12-13,16H2,1H3/b19-15+. The molecule has 2 heterocycles. The summed E-state index contributed by atoms with van der Waals surface area (Å²) in [4.78, 5) is 29.7. The molecule has 0 atom stereocenters. The van der Waals surface area contributed by atoms with E-state index < -0.39 is 5.97 Å². The second-order valence-electron chi connectivity index (χ2n) is 7.78. The van der Waals surface area contributed by atoms with Crippen LogP contribution in [0.3, 0.4) is 0 Å². The third kappa shape index (κ3) is 4.03. The molecule has 6 nitrogen and oxygen atoms in total. The minimum atomic E-state index is -0.407. The van der Waals surface area contributed by atoms with E-state index in [0.717, 1.165) is 45.5 Å². The van der Waals surface area contributed by atoms with E-state index in [1.54, 1.807) is 30.5 Å². The number of para-hydroxylation sites is 1. The van der Waals surface area contributed by atoms with E-state index in [-0.39, 0.29) is 12.6 Å². The van der Waals surface area contributed by atoms with E-state index >= 15 is 0 Å². The highest BCUT2D eigenvalue weighted by Crippen LogP contribution is 2.37. The number of carbonyl (C=O) groups excluding carboxylic acids is 2. The summed E-state index contributed by atoms with van der Waals surface area (Å²) in [5.41, 5.74) is 5.29. The molecule has 6 heteroatoms. The van der Waals surface area contributed by atoms with Gasteiger partial charge in [0.15, 0.2) is 0 Å². The van der Waals surface area contributed by atoms with E-state index in [9.17, 15) is 9.59 Å². The largest absolute Gasteiger partial charge is 0.465 e. The van der Waals surface area contributed by atoms with Crippen LogP contribution in [0.5, 0.6) is 0 Å². The van der Waals surface area contributed by atoms with E-state index in [2.05, 4.69) is 0 Å². The monoisotopic (exact) mass is 439 g/mol. The number of methoxy groups -OCH3 is 1. The molecule has 0 fully saturated rings. The average molecular weight is 439 g/mol. The first-order valence-corrected chi connectivity index (χ1v) is 10.6. The second kappa shape index (κ2) is 8.74. The molecule has 2 aromatic carbocycles. The predicted molar refractivity (Wildman–Crippen MR) is 124 cm³/mol. The Hall–Kier alpha value is -4.19. The van der Waals surface area contributed by atoms with Crippen molar-refractivity contribution in [3.05, 3.63) is 101 Å². The topological polar surface area (TPSA) is 78.6 Å². The zero-order chi connectivity index (χ0) is 22.8. The molecule has 0 unspecified atom stereocenters. The summed E-state index contributed by atoms with van der Waals surface area (Å²) in [6.07, 6.45) is 5.09. The van der Waals surface area contributed by atoms with Crippen LogP contribution in [0.25, 0.3) is 22.6 Å². The molecule has 1 aliphatic rings. The molecule has 0 radical (unpaired) electrons. The lowest BCUT2D eigenvalue weighted by Crippen LogP contribution is -2.10. The minimum Gasteiger partial charge on any atom is -0.465 e. The number of nitrogens with zero attached hydrogens (tertiary/aromatic N) is 1. The number of benzene rings is 2. The third-order valence-corrected chi connectivity index (χ3v) is 5.75. The first-order valence-electron chi connectivity index (χ1n) is 10.6. The maximum absolute atomic E-state index is 13.3. The summed E-state index contributed by atoms with van der Waals surface area (Å²) in [6.45, 7) is 0.0980. The van der Waals surface area contributed by atoms with Crippen molar-refractivity contribution in [2.75, 3.05) is 7.11 Å². The van der Waals surface area contributed by atoms with Crippen LogP contribution in [0.15, 0.2) is 71.3 Å². The number of hydrogen-bond acceptors (Lipinski definition) is 6. The molecule has 1 aliphatic carbocycles. The molecule has 2 aromatic heterocycles. The van der Waals surface area contributed by atoms with Crippen LogP contribution in [0.1, 0.15) is 49.7 Å². The maximum atomic E-state index is 13.3. The number of furan rings is 1. The van der Waals surface area contributed by atoms with Gasteiger partial charge < -0.3 is 13.9 Å². The Bertz CT molecular complexity index is 1370. The van der Waals surface area contributed by atoms with Crippen molar-refractivity contribution in [2.24, 2.45) is 0 Å². The summed E-state index contributed by atoms with van der Waals surface area (Å²) >= 11 is 0. The fourth-order valence-electron chi connectivity index (χ4n) is 4.13. The van der Waals surface area contributed by atoms with Crippen molar-refractivity contribution >= 4 is 34.5 Å². The molecule has 0 N–H and O–H groups in total. The van der Waals surface area contributed by atoms with Gasteiger partial charge in [0.25, 0.3) is 0 Å². The van der Waals surface area contributed by atoms with E-state index in [0.29, 0.717) is 17.5 Å². The van der Waals surface area contributed by atoms with Gasteiger partial charge in [-0.25, -0.2) is 14.6 Å². The van der Waals surface area contributed by atoms with Crippen LogP contribution < -0.4 is 0 Å². The summed E-state index contributed by atoms with van der Waals surface area (Å²) in [5.74, 6) is -0.0377. The molecule has 4 aromatic rings. The zero-order valence-corrected chi connectivity index (χ0v) is 18.0. The average Bonchev–Trinajstić information content (AvgIpc) is 3.51. The summed E-state index contributed by atoms with van der Waals surface area (Å²) < 4.78 is 15.9. The molecule has 0 spiro atoms. The number of allylic oxidation sites excluding steroid dienone is 1. The Morgan fingerprint density at radius 1 is 1.00 bits per heavy atom. The van der Waals surface area contributed by atoms with Crippen molar-refractivity contribution in [3.63, 3.8) is 0 Å². The molecular formula is C27H21NO5. The van der Waals surface area contributed by atoms with Crippen molar-refractivity contribution in [1.29, 1.82) is 0 Å². The van der Waals surface area contributed by atoms with Gasteiger partial charge >= 0.3 is 11.9 Å². The third-order valence-electron chi connectivity index (χ3n) is 5.75. The van der Waals surface area contributed by atoms with Gasteiger partial charge in [-0.3, -0.25) is 0 Å². The Balaban J connectivity index is 1.46. The zero-order valence-electron chi connectivity index (χ0n) is 18.0. The van der Waals surface area contributed by atoms with Gasteiger partial charge in [-0.2, -0.15) is 0 Å². The van der Waals surface area contributed by atoms with E-state index in [4.69, 9.17) is 18.9 Å². The molecule has 0 saturated carbocycles. The van der Waals surface area contributed by atoms with Crippen LogP contribution in [-0.4, -0.2) is 24.0 Å². The molecule has 164 valence electrons. The SMILES string of the molecule is COC(=O)c1ccc(COC(=O)c2c3c(nc4ccccc24)/C(=C/c2ccco2)CC3)cc1. The lowest BCUT2D eigenvalue weighted by Gasteiger charge is -2.12. The molecule has 0 bridgehead atoms. The van der Waals surface area contributed by atoms with Crippen molar-refractivity contribution in [2.45, 2.75) is 19.4 Å². The van der Waals surface area contributed by atoms with Gasteiger partial charge in [0.1, 0.15) is 12.4 Å². The smallest absolute Gasteiger partial charge is 0.339 e. The molecule has 0 saturated heterocycles. The van der Waals surface area contributed by atoms with Gasteiger partial charge in [0.05, 0.1) is 35.7 Å². The lowest BCUT2D eigenvalue weighted by atomic mass is 10.0. The first-order chi connectivity index (χ1) is 16.1. The van der Waals surface area contributed by atoms with Gasteiger partial charge in [-0.1, -0.05) is 30.3 Å². The number of aromatic nitrogens is 1. The van der Waals surface area contributed by atoms with E-state index in [1.807, 2.05) is 42.5 Å². The minimum absolute atomic E-state index is 0.0980. The highest BCUT2D eigenvalue weighted by Gasteiger charge is 2.27. The number of ether oxygens (including phenoxy) is 2. The van der Waals surface area contributed by atoms with Gasteiger partial charge in [-0.05, 0) is 65.9 Å². The highest BCUT2D eigenvalue weighted by molar-refractivity contribution is 6.07. The molecule has 5 rings (SSSR count). The lowest BCUT2D eigenvalue weighted by molar-refractivity contribution is 0.0472. The van der Waals surface area contributed by atoms with Gasteiger partial charge in [0, 0.05) is 5.39 Å². The number of hydrogen-bond donors (Lipinski definition) is 0. The fraction of sp³-hybridized carbons (Fsp3) is 0.148. The Labute approximate surface area is 190 Å². The maximum Gasteiger partial charge on any atom is 0.339 e. The van der Waals surface area contributed by atoms with Crippen LogP contribution in [0, 0.1) is 0 Å². The van der Waals surface area contributed by atoms with Crippen LogP contribution >= 0.6 is 0 Å². The Morgan fingerprint density at radius 3 is 2.58 bits per heavy atom. The number of pyridine rings is 1. The number of esters is 2. The summed E-state index contributed by atoms with van der Waals surface area (Å²) in [5, 5.41) is 0.779. The first kappa shape index (κ1) is 20.7. The van der Waals surface area contributed by atoms with Crippen LogP contribution in [0.2, 0.25) is 0 Å². The molecule has 0 amide bonds. The highest BCUT2D eigenvalue weighted by atomic mass is 16.5. The second-order valence-corrected chi connectivity index (χ2v) is 7.78.